The van der Waals surface area contributed by atoms with Crippen molar-refractivity contribution in [2.75, 3.05) is 5.32 Å². The maximum atomic E-state index is 12.2. The van der Waals surface area contributed by atoms with E-state index in [0.29, 0.717) is 17.9 Å². The number of aryl methyl sites for hydroxylation is 1. The first kappa shape index (κ1) is 10.8. The first-order chi connectivity index (χ1) is 8.15. The number of carbonyl (C=O) groups excluding carboxylic acids is 1. The van der Waals surface area contributed by atoms with Gasteiger partial charge in [-0.1, -0.05) is 0 Å². The standard InChI is InChI=1S/C12H18N4O/c1-6-7(2)15-16-11(6)14-12(17)9-5-8-3-4-10(9)13-8/h8-10,13H,3-5H2,1-2H3,(H2,14,15,16,17). The fourth-order valence-corrected chi connectivity index (χ4v) is 2.93. The average molecular weight is 234 g/mol. The van der Waals surface area contributed by atoms with Crippen molar-refractivity contribution < 1.29 is 4.79 Å². The van der Waals surface area contributed by atoms with Crippen molar-refractivity contribution in [3.8, 4) is 0 Å². The average Bonchev–Trinajstić information content (AvgIpc) is 3.00. The predicted octanol–water partition coefficient (Wildman–Crippen LogP) is 1.11. The van der Waals surface area contributed by atoms with E-state index in [4.69, 9.17) is 0 Å². The second kappa shape index (κ2) is 3.84. The van der Waals surface area contributed by atoms with Crippen LogP contribution in [0.3, 0.4) is 0 Å². The lowest BCUT2D eigenvalue weighted by Gasteiger charge is -2.18. The Kier molecular flexibility index (Phi) is 2.43. The summed E-state index contributed by atoms with van der Waals surface area (Å²) in [5.74, 6) is 0.903. The van der Waals surface area contributed by atoms with Crippen LogP contribution in [0.25, 0.3) is 0 Å². The Morgan fingerprint density at radius 1 is 1.41 bits per heavy atom. The molecule has 2 aliphatic heterocycles. The molecule has 3 N–H and O–H groups in total. The second-order valence-electron chi connectivity index (χ2n) is 5.20. The van der Waals surface area contributed by atoms with Crippen LogP contribution in [-0.2, 0) is 4.79 Å². The number of fused-ring (bicyclic) bond motifs is 2. The zero-order valence-electron chi connectivity index (χ0n) is 10.2. The Hall–Kier alpha value is -1.36. The summed E-state index contributed by atoms with van der Waals surface area (Å²) in [6.45, 7) is 3.92. The maximum Gasteiger partial charge on any atom is 0.230 e. The number of aromatic amines is 1. The molecule has 5 heteroatoms. The number of nitrogens with one attached hydrogen (secondary N) is 3. The fraction of sp³-hybridized carbons (Fsp3) is 0.667. The third-order valence-electron chi connectivity index (χ3n) is 4.13. The summed E-state index contributed by atoms with van der Waals surface area (Å²) in [7, 11) is 0. The molecular formula is C12H18N4O. The molecule has 17 heavy (non-hydrogen) atoms. The van der Waals surface area contributed by atoms with E-state index in [2.05, 4.69) is 20.8 Å². The summed E-state index contributed by atoms with van der Waals surface area (Å²) in [5.41, 5.74) is 2.03. The van der Waals surface area contributed by atoms with Gasteiger partial charge in [0.2, 0.25) is 5.91 Å². The van der Waals surface area contributed by atoms with Crippen LogP contribution in [0.4, 0.5) is 5.82 Å². The summed E-state index contributed by atoms with van der Waals surface area (Å²) >= 11 is 0. The number of anilines is 1. The molecule has 5 nitrogen and oxygen atoms in total. The minimum Gasteiger partial charge on any atom is -0.310 e. The molecule has 1 aromatic heterocycles. The maximum absolute atomic E-state index is 12.2. The van der Waals surface area contributed by atoms with Gasteiger partial charge in [0.1, 0.15) is 0 Å². The van der Waals surface area contributed by atoms with Crippen molar-refractivity contribution >= 4 is 11.7 Å². The molecule has 3 rings (SSSR count). The minimum atomic E-state index is 0.110. The van der Waals surface area contributed by atoms with E-state index >= 15 is 0 Å². The van der Waals surface area contributed by atoms with Crippen molar-refractivity contribution in [2.45, 2.75) is 45.2 Å². The van der Waals surface area contributed by atoms with E-state index in [1.165, 1.54) is 6.42 Å². The molecule has 2 saturated heterocycles. The van der Waals surface area contributed by atoms with Crippen LogP contribution in [0.5, 0.6) is 0 Å². The Morgan fingerprint density at radius 3 is 2.76 bits per heavy atom. The van der Waals surface area contributed by atoms with Gasteiger partial charge in [0.15, 0.2) is 5.82 Å². The number of H-pyrrole nitrogens is 1. The normalized spacial score (nSPS) is 30.8. The topological polar surface area (TPSA) is 69.8 Å². The fourth-order valence-electron chi connectivity index (χ4n) is 2.93. The molecule has 0 saturated carbocycles. The van der Waals surface area contributed by atoms with Gasteiger partial charge in [0, 0.05) is 23.3 Å². The Bertz CT molecular complexity index is 453. The van der Waals surface area contributed by atoms with Crippen molar-refractivity contribution in [1.29, 1.82) is 0 Å². The Morgan fingerprint density at radius 2 is 2.24 bits per heavy atom. The summed E-state index contributed by atoms with van der Waals surface area (Å²) in [6.07, 6.45) is 3.31. The number of rotatable bonds is 2. The lowest BCUT2D eigenvalue weighted by molar-refractivity contribution is -0.120. The van der Waals surface area contributed by atoms with Crippen LogP contribution >= 0.6 is 0 Å². The monoisotopic (exact) mass is 234 g/mol. The van der Waals surface area contributed by atoms with Gasteiger partial charge in [-0.25, -0.2) is 0 Å². The SMILES string of the molecule is Cc1[nH]nc(NC(=O)C2CC3CCC2N3)c1C. The number of hydrogen-bond acceptors (Lipinski definition) is 3. The van der Waals surface area contributed by atoms with Gasteiger partial charge in [-0.05, 0) is 33.1 Å². The van der Waals surface area contributed by atoms with Crippen LogP contribution < -0.4 is 10.6 Å². The highest BCUT2D eigenvalue weighted by Crippen LogP contribution is 2.34. The highest BCUT2D eigenvalue weighted by Gasteiger charge is 2.42. The van der Waals surface area contributed by atoms with Gasteiger partial charge < -0.3 is 10.6 Å². The van der Waals surface area contributed by atoms with Crippen LogP contribution in [0.2, 0.25) is 0 Å². The zero-order valence-corrected chi connectivity index (χ0v) is 10.2. The Balaban J connectivity index is 1.70. The molecule has 2 bridgehead atoms. The number of carbonyl (C=O) groups is 1. The molecule has 3 heterocycles. The van der Waals surface area contributed by atoms with Crippen molar-refractivity contribution in [2.24, 2.45) is 5.92 Å². The number of hydrogen-bond donors (Lipinski definition) is 3. The van der Waals surface area contributed by atoms with Gasteiger partial charge in [-0.2, -0.15) is 5.10 Å². The minimum absolute atomic E-state index is 0.110. The van der Waals surface area contributed by atoms with Crippen molar-refractivity contribution in [1.82, 2.24) is 15.5 Å². The van der Waals surface area contributed by atoms with Gasteiger partial charge in [0.05, 0.1) is 5.92 Å². The quantitative estimate of drug-likeness (QED) is 0.718. The molecule has 0 aliphatic carbocycles. The molecular weight excluding hydrogens is 216 g/mol. The third kappa shape index (κ3) is 1.74. The number of amides is 1. The highest BCUT2D eigenvalue weighted by molar-refractivity contribution is 5.93. The van der Waals surface area contributed by atoms with E-state index in [1.54, 1.807) is 0 Å². The summed E-state index contributed by atoms with van der Waals surface area (Å²) < 4.78 is 0. The summed E-state index contributed by atoms with van der Waals surface area (Å²) in [5, 5.41) is 13.4. The lowest BCUT2D eigenvalue weighted by atomic mass is 9.88. The van der Waals surface area contributed by atoms with Crippen LogP contribution in [0.15, 0.2) is 0 Å². The summed E-state index contributed by atoms with van der Waals surface area (Å²) in [4.78, 5) is 12.2. The van der Waals surface area contributed by atoms with E-state index in [0.717, 1.165) is 24.1 Å². The van der Waals surface area contributed by atoms with Crippen LogP contribution in [-0.4, -0.2) is 28.2 Å². The van der Waals surface area contributed by atoms with Gasteiger partial charge in [-0.3, -0.25) is 9.89 Å². The van der Waals surface area contributed by atoms with Gasteiger partial charge >= 0.3 is 0 Å². The van der Waals surface area contributed by atoms with E-state index in [1.807, 2.05) is 13.8 Å². The number of aromatic nitrogens is 2. The van der Waals surface area contributed by atoms with Crippen LogP contribution in [0.1, 0.15) is 30.5 Å². The van der Waals surface area contributed by atoms with Gasteiger partial charge in [-0.15, -0.1) is 0 Å². The molecule has 3 atom stereocenters. The molecule has 3 unspecified atom stereocenters. The highest BCUT2D eigenvalue weighted by atomic mass is 16.2. The molecule has 1 amide bonds. The third-order valence-corrected chi connectivity index (χ3v) is 4.13. The Labute approximate surface area is 100 Å². The van der Waals surface area contributed by atoms with Gasteiger partial charge in [0.25, 0.3) is 0 Å². The predicted molar refractivity (Wildman–Crippen MR) is 64.7 cm³/mol. The largest absolute Gasteiger partial charge is 0.310 e. The van der Waals surface area contributed by atoms with Crippen molar-refractivity contribution in [3.05, 3.63) is 11.3 Å². The van der Waals surface area contributed by atoms with E-state index < -0.39 is 0 Å². The van der Waals surface area contributed by atoms with E-state index in [9.17, 15) is 4.79 Å². The molecule has 1 aromatic rings. The summed E-state index contributed by atoms with van der Waals surface area (Å²) in [6, 6.07) is 0.929. The number of nitrogens with zero attached hydrogens (tertiary/aromatic N) is 1. The first-order valence-corrected chi connectivity index (χ1v) is 6.23. The molecule has 0 spiro atoms. The first-order valence-electron chi connectivity index (χ1n) is 6.23. The van der Waals surface area contributed by atoms with E-state index in [-0.39, 0.29) is 11.8 Å². The molecule has 0 aromatic carbocycles. The van der Waals surface area contributed by atoms with Crippen molar-refractivity contribution in [3.63, 3.8) is 0 Å². The molecule has 2 aliphatic rings. The zero-order chi connectivity index (χ0) is 12.0. The lowest BCUT2D eigenvalue weighted by Crippen LogP contribution is -2.33. The molecule has 2 fully saturated rings. The van der Waals surface area contributed by atoms with Crippen LogP contribution in [0, 0.1) is 19.8 Å². The molecule has 0 radical (unpaired) electrons. The smallest absolute Gasteiger partial charge is 0.230 e. The molecule has 92 valence electrons. The second-order valence-corrected chi connectivity index (χ2v) is 5.20.